The molecule has 0 aromatic heterocycles. The third kappa shape index (κ3) is 2.91. The Kier molecular flexibility index (Phi) is 3.90. The molecule has 0 saturated heterocycles. The Hall–Kier alpha value is -1.17. The monoisotopic (exact) mass is 365 g/mol. The van der Waals surface area contributed by atoms with Crippen LogP contribution in [0.1, 0.15) is 30.1 Å². The van der Waals surface area contributed by atoms with Crippen LogP contribution < -0.4 is 5.32 Å². The van der Waals surface area contributed by atoms with E-state index in [4.69, 9.17) is 0 Å². The van der Waals surface area contributed by atoms with E-state index in [1.165, 1.54) is 0 Å². The lowest BCUT2D eigenvalue weighted by Gasteiger charge is -2.20. The number of rotatable bonds is 3. The van der Waals surface area contributed by atoms with Gasteiger partial charge in [-0.15, -0.1) is 0 Å². The number of fused-ring (bicyclic) bond motifs is 1. The van der Waals surface area contributed by atoms with Crippen molar-refractivity contribution in [2.75, 3.05) is 5.75 Å². The highest BCUT2D eigenvalue weighted by Crippen LogP contribution is 2.34. The molecule has 1 N–H and O–H groups in total. The molecule has 5 heteroatoms. The van der Waals surface area contributed by atoms with E-state index in [0.29, 0.717) is 4.90 Å². The molecule has 3 nitrogen and oxygen atoms in total. The fourth-order valence-corrected chi connectivity index (χ4v) is 4.93. The third-order valence-electron chi connectivity index (χ3n) is 3.82. The van der Waals surface area contributed by atoms with E-state index in [1.807, 2.05) is 36.4 Å². The summed E-state index contributed by atoms with van der Waals surface area (Å²) in [4.78, 5) is 0.462. The maximum absolute atomic E-state index is 12.2. The van der Waals surface area contributed by atoms with E-state index in [1.54, 1.807) is 12.1 Å². The van der Waals surface area contributed by atoms with Gasteiger partial charge < -0.3 is 5.32 Å². The average Bonchev–Trinajstić information content (AvgIpc) is 2.71. The standard InChI is InChI=1S/C16H16BrNO2S/c1-11(12-5-4-6-13(17)9-12)18-15-10-21(19,20)16-8-3-2-7-14(15)16/h2-9,11,15,18H,10H2,1H3. The van der Waals surface area contributed by atoms with Gasteiger partial charge in [-0.1, -0.05) is 46.3 Å². The number of hydrogen-bond acceptors (Lipinski definition) is 3. The summed E-state index contributed by atoms with van der Waals surface area (Å²) >= 11 is 3.46. The molecule has 0 spiro atoms. The van der Waals surface area contributed by atoms with Crippen molar-refractivity contribution in [3.63, 3.8) is 0 Å². The van der Waals surface area contributed by atoms with Crippen LogP contribution in [0.3, 0.4) is 0 Å². The molecule has 2 aromatic rings. The van der Waals surface area contributed by atoms with Crippen molar-refractivity contribution >= 4 is 25.8 Å². The molecule has 2 aromatic carbocycles. The minimum atomic E-state index is -3.16. The summed E-state index contributed by atoms with van der Waals surface area (Å²) < 4.78 is 25.4. The first-order valence-corrected chi connectivity index (χ1v) is 9.25. The zero-order valence-corrected chi connectivity index (χ0v) is 14.0. The molecule has 1 heterocycles. The molecule has 3 rings (SSSR count). The number of hydrogen-bond donors (Lipinski definition) is 1. The number of halogens is 1. The largest absolute Gasteiger partial charge is 0.302 e. The first kappa shape index (κ1) is 14.8. The zero-order chi connectivity index (χ0) is 15.0. The fourth-order valence-electron chi connectivity index (χ4n) is 2.76. The van der Waals surface area contributed by atoms with Gasteiger partial charge in [-0.25, -0.2) is 8.42 Å². The van der Waals surface area contributed by atoms with Gasteiger partial charge >= 0.3 is 0 Å². The quantitative estimate of drug-likeness (QED) is 0.903. The molecule has 0 aliphatic carbocycles. The number of nitrogens with one attached hydrogen (secondary N) is 1. The molecule has 21 heavy (non-hydrogen) atoms. The van der Waals surface area contributed by atoms with Crippen molar-refractivity contribution in [1.29, 1.82) is 0 Å². The fraction of sp³-hybridized carbons (Fsp3) is 0.250. The van der Waals surface area contributed by atoms with Gasteiger partial charge in [-0.05, 0) is 36.2 Å². The molecule has 2 unspecified atom stereocenters. The van der Waals surface area contributed by atoms with Crippen molar-refractivity contribution in [3.05, 3.63) is 64.1 Å². The van der Waals surface area contributed by atoms with Crippen LogP contribution in [-0.2, 0) is 9.84 Å². The maximum Gasteiger partial charge on any atom is 0.180 e. The highest BCUT2D eigenvalue weighted by Gasteiger charge is 2.34. The first-order valence-electron chi connectivity index (χ1n) is 6.80. The van der Waals surface area contributed by atoms with E-state index >= 15 is 0 Å². The minimum absolute atomic E-state index is 0.0776. The third-order valence-corrected chi connectivity index (χ3v) is 6.12. The predicted octanol–water partition coefficient (Wildman–Crippen LogP) is 3.63. The second-order valence-electron chi connectivity index (χ2n) is 5.32. The lowest BCUT2D eigenvalue weighted by atomic mass is 10.0. The van der Waals surface area contributed by atoms with Crippen molar-refractivity contribution in [1.82, 2.24) is 5.32 Å². The van der Waals surface area contributed by atoms with E-state index < -0.39 is 9.84 Å². The molecular formula is C16H16BrNO2S. The molecule has 0 saturated carbocycles. The Balaban J connectivity index is 1.87. The lowest BCUT2D eigenvalue weighted by molar-refractivity contribution is 0.497. The predicted molar refractivity (Wildman–Crippen MR) is 86.9 cm³/mol. The lowest BCUT2D eigenvalue weighted by Crippen LogP contribution is -2.25. The van der Waals surface area contributed by atoms with Gasteiger partial charge in [-0.2, -0.15) is 0 Å². The van der Waals surface area contributed by atoms with Crippen molar-refractivity contribution in [3.8, 4) is 0 Å². The van der Waals surface area contributed by atoms with Gasteiger partial charge in [-0.3, -0.25) is 0 Å². The number of benzene rings is 2. The second kappa shape index (κ2) is 5.55. The van der Waals surface area contributed by atoms with Crippen LogP contribution in [0.2, 0.25) is 0 Å². The van der Waals surface area contributed by atoms with Gasteiger partial charge in [0.2, 0.25) is 0 Å². The second-order valence-corrected chi connectivity index (χ2v) is 8.23. The van der Waals surface area contributed by atoms with Crippen LogP contribution in [0, 0.1) is 0 Å². The maximum atomic E-state index is 12.2. The molecule has 0 amide bonds. The topological polar surface area (TPSA) is 46.2 Å². The minimum Gasteiger partial charge on any atom is -0.302 e. The number of sulfone groups is 1. The molecular weight excluding hydrogens is 350 g/mol. The Morgan fingerprint density at radius 3 is 2.71 bits per heavy atom. The Morgan fingerprint density at radius 1 is 1.19 bits per heavy atom. The average molecular weight is 366 g/mol. The van der Waals surface area contributed by atoms with E-state index in [-0.39, 0.29) is 17.8 Å². The van der Waals surface area contributed by atoms with Gasteiger partial charge in [0.05, 0.1) is 10.6 Å². The Bertz CT molecular complexity index is 773. The SMILES string of the molecule is CC(NC1CS(=O)(=O)c2ccccc21)c1cccc(Br)c1. The van der Waals surface area contributed by atoms with Crippen LogP contribution in [0.15, 0.2) is 57.9 Å². The summed E-state index contributed by atoms with van der Waals surface area (Å²) in [5.41, 5.74) is 2.01. The normalized spacial score (nSPS) is 21.0. The highest BCUT2D eigenvalue weighted by molar-refractivity contribution is 9.10. The summed E-state index contributed by atoms with van der Waals surface area (Å²) in [6, 6.07) is 15.2. The molecule has 1 aliphatic rings. The summed E-state index contributed by atoms with van der Waals surface area (Å²) in [5, 5.41) is 3.43. The molecule has 110 valence electrons. The molecule has 2 atom stereocenters. The summed E-state index contributed by atoms with van der Waals surface area (Å²) in [5.74, 6) is 0.130. The van der Waals surface area contributed by atoms with E-state index in [9.17, 15) is 8.42 Å². The van der Waals surface area contributed by atoms with Crippen LogP contribution in [-0.4, -0.2) is 14.2 Å². The van der Waals surface area contributed by atoms with Crippen LogP contribution >= 0.6 is 15.9 Å². The summed E-state index contributed by atoms with van der Waals surface area (Å²) in [6.45, 7) is 2.05. The molecule has 0 radical (unpaired) electrons. The van der Waals surface area contributed by atoms with Crippen LogP contribution in [0.5, 0.6) is 0 Å². The van der Waals surface area contributed by atoms with Crippen molar-refractivity contribution in [2.24, 2.45) is 0 Å². The van der Waals surface area contributed by atoms with E-state index in [0.717, 1.165) is 15.6 Å². The van der Waals surface area contributed by atoms with Gasteiger partial charge in [0.25, 0.3) is 0 Å². The molecule has 1 aliphatic heterocycles. The van der Waals surface area contributed by atoms with Crippen LogP contribution in [0.4, 0.5) is 0 Å². The van der Waals surface area contributed by atoms with Crippen LogP contribution in [0.25, 0.3) is 0 Å². The van der Waals surface area contributed by atoms with Gasteiger partial charge in [0, 0.05) is 16.6 Å². The molecule has 0 bridgehead atoms. The Morgan fingerprint density at radius 2 is 1.95 bits per heavy atom. The highest BCUT2D eigenvalue weighted by atomic mass is 79.9. The van der Waals surface area contributed by atoms with Gasteiger partial charge in [0.1, 0.15) is 0 Å². The van der Waals surface area contributed by atoms with Crippen molar-refractivity contribution < 1.29 is 8.42 Å². The molecule has 0 fully saturated rings. The zero-order valence-electron chi connectivity index (χ0n) is 11.6. The van der Waals surface area contributed by atoms with Gasteiger partial charge in [0.15, 0.2) is 9.84 Å². The van der Waals surface area contributed by atoms with E-state index in [2.05, 4.69) is 28.2 Å². The smallest absolute Gasteiger partial charge is 0.180 e. The van der Waals surface area contributed by atoms with Crippen molar-refractivity contribution in [2.45, 2.75) is 23.9 Å². The Labute approximate surface area is 133 Å². The summed E-state index contributed by atoms with van der Waals surface area (Å²) in [7, 11) is -3.16. The first-order chi connectivity index (χ1) is 9.97. The summed E-state index contributed by atoms with van der Waals surface area (Å²) in [6.07, 6.45) is 0.